The number of aromatic nitrogens is 1. The first kappa shape index (κ1) is 14.8. The fraction of sp³-hybridized carbons (Fsp3) is 0.692. The van der Waals surface area contributed by atoms with Crippen LogP contribution >= 0.6 is 23.6 Å². The van der Waals surface area contributed by atoms with Gasteiger partial charge in [0.1, 0.15) is 5.01 Å². The maximum Gasteiger partial charge on any atom is 0.107 e. The Morgan fingerprint density at radius 1 is 1.47 bits per heavy atom. The fourth-order valence-electron chi connectivity index (χ4n) is 2.54. The molecule has 6 heteroatoms. The Labute approximate surface area is 124 Å². The van der Waals surface area contributed by atoms with Gasteiger partial charge in [-0.3, -0.25) is 9.80 Å². The van der Waals surface area contributed by atoms with Gasteiger partial charge in [-0.2, -0.15) is 0 Å². The maximum atomic E-state index is 5.81. The second-order valence-electron chi connectivity index (χ2n) is 5.02. The molecule has 0 bridgehead atoms. The molecule has 1 aliphatic heterocycles. The zero-order valence-electron chi connectivity index (χ0n) is 11.6. The van der Waals surface area contributed by atoms with E-state index in [1.807, 2.05) is 6.92 Å². The summed E-state index contributed by atoms with van der Waals surface area (Å²) in [5.41, 5.74) is 6.93. The van der Waals surface area contributed by atoms with Crippen molar-refractivity contribution in [2.24, 2.45) is 5.73 Å². The lowest BCUT2D eigenvalue weighted by Crippen LogP contribution is -2.53. The first-order valence-corrected chi connectivity index (χ1v) is 8.05. The number of thiocarbonyl (C=S) groups is 1. The molecule has 1 aromatic rings. The molecule has 106 valence electrons. The molecule has 1 saturated heterocycles. The Hall–Kier alpha value is -0.560. The summed E-state index contributed by atoms with van der Waals surface area (Å²) >= 11 is 6.90. The highest BCUT2D eigenvalue weighted by atomic mass is 32.1. The summed E-state index contributed by atoms with van der Waals surface area (Å²) in [5, 5.41) is 3.33. The summed E-state index contributed by atoms with van der Waals surface area (Å²) in [6, 6.07) is 0.263. The van der Waals surface area contributed by atoms with Crippen LogP contribution in [0.25, 0.3) is 0 Å². The fourth-order valence-corrected chi connectivity index (χ4v) is 3.67. The number of rotatable bonds is 5. The Balaban J connectivity index is 1.83. The molecule has 0 radical (unpaired) electrons. The van der Waals surface area contributed by atoms with Gasteiger partial charge < -0.3 is 5.73 Å². The Bertz CT molecular complexity index is 424. The lowest BCUT2D eigenvalue weighted by Gasteiger charge is -2.38. The largest absolute Gasteiger partial charge is 0.392 e. The van der Waals surface area contributed by atoms with Crippen molar-refractivity contribution in [2.45, 2.75) is 32.9 Å². The van der Waals surface area contributed by atoms with Gasteiger partial charge in [-0.1, -0.05) is 19.1 Å². The van der Waals surface area contributed by atoms with Crippen LogP contribution in [-0.4, -0.2) is 52.0 Å². The number of piperazine rings is 1. The first-order valence-electron chi connectivity index (χ1n) is 6.77. The van der Waals surface area contributed by atoms with Crippen molar-refractivity contribution in [1.29, 1.82) is 0 Å². The van der Waals surface area contributed by atoms with Crippen molar-refractivity contribution in [1.82, 2.24) is 14.8 Å². The standard InChI is InChI=1S/C13H22N4S2/c1-3-11(13(14)18)17-6-4-16(5-7-17)8-12-15-10(2)9-19-12/h9,11H,3-8H2,1-2H3,(H2,14,18). The second kappa shape index (κ2) is 6.74. The minimum atomic E-state index is 0.263. The smallest absolute Gasteiger partial charge is 0.107 e. The Kier molecular flexibility index (Phi) is 5.27. The van der Waals surface area contributed by atoms with Crippen LogP contribution in [0.15, 0.2) is 5.38 Å². The minimum absolute atomic E-state index is 0.263. The summed E-state index contributed by atoms with van der Waals surface area (Å²) < 4.78 is 0. The Morgan fingerprint density at radius 3 is 2.63 bits per heavy atom. The third kappa shape index (κ3) is 3.95. The lowest BCUT2D eigenvalue weighted by molar-refractivity contribution is 0.111. The van der Waals surface area contributed by atoms with E-state index in [1.165, 1.54) is 5.01 Å². The van der Waals surface area contributed by atoms with E-state index in [0.29, 0.717) is 4.99 Å². The van der Waals surface area contributed by atoms with Gasteiger partial charge in [0, 0.05) is 37.3 Å². The van der Waals surface area contributed by atoms with Crippen LogP contribution in [0, 0.1) is 6.92 Å². The predicted molar refractivity (Wildman–Crippen MR) is 84.6 cm³/mol. The number of nitrogens with zero attached hydrogens (tertiary/aromatic N) is 3. The summed E-state index contributed by atoms with van der Waals surface area (Å²) in [4.78, 5) is 10.0. The number of aryl methyl sites for hydroxylation is 1. The molecule has 19 heavy (non-hydrogen) atoms. The molecule has 1 atom stereocenters. The molecule has 1 fully saturated rings. The van der Waals surface area contributed by atoms with Crippen molar-refractivity contribution in [3.8, 4) is 0 Å². The zero-order chi connectivity index (χ0) is 13.8. The van der Waals surface area contributed by atoms with Crippen molar-refractivity contribution < 1.29 is 0 Å². The highest BCUT2D eigenvalue weighted by Gasteiger charge is 2.24. The summed E-state index contributed by atoms with van der Waals surface area (Å²) in [5.74, 6) is 0. The van der Waals surface area contributed by atoms with Crippen LogP contribution in [-0.2, 0) is 6.54 Å². The molecular formula is C13H22N4S2. The van der Waals surface area contributed by atoms with Crippen LogP contribution in [0.3, 0.4) is 0 Å². The van der Waals surface area contributed by atoms with E-state index in [1.54, 1.807) is 11.3 Å². The van der Waals surface area contributed by atoms with Gasteiger partial charge in [-0.15, -0.1) is 11.3 Å². The van der Waals surface area contributed by atoms with E-state index in [0.717, 1.165) is 44.8 Å². The molecule has 1 aliphatic rings. The van der Waals surface area contributed by atoms with Crippen LogP contribution in [0.1, 0.15) is 24.0 Å². The van der Waals surface area contributed by atoms with Gasteiger partial charge in [-0.25, -0.2) is 4.98 Å². The molecule has 2 rings (SSSR count). The van der Waals surface area contributed by atoms with E-state index >= 15 is 0 Å². The molecule has 2 heterocycles. The molecular weight excluding hydrogens is 276 g/mol. The van der Waals surface area contributed by atoms with Gasteiger partial charge in [0.25, 0.3) is 0 Å². The third-order valence-corrected chi connectivity index (χ3v) is 4.81. The summed E-state index contributed by atoms with van der Waals surface area (Å²) in [6.07, 6.45) is 1.00. The molecule has 1 aromatic heterocycles. The third-order valence-electron chi connectivity index (χ3n) is 3.59. The second-order valence-corrected chi connectivity index (χ2v) is 6.44. The van der Waals surface area contributed by atoms with E-state index in [9.17, 15) is 0 Å². The van der Waals surface area contributed by atoms with E-state index in [-0.39, 0.29) is 6.04 Å². The molecule has 0 saturated carbocycles. The number of hydrogen-bond donors (Lipinski definition) is 1. The van der Waals surface area contributed by atoms with E-state index < -0.39 is 0 Å². The molecule has 0 spiro atoms. The molecule has 2 N–H and O–H groups in total. The first-order chi connectivity index (χ1) is 9.10. The predicted octanol–water partition coefficient (Wildman–Crippen LogP) is 1.63. The SMILES string of the molecule is CCC(C(N)=S)N1CCN(Cc2nc(C)cs2)CC1. The monoisotopic (exact) mass is 298 g/mol. The zero-order valence-corrected chi connectivity index (χ0v) is 13.3. The van der Waals surface area contributed by atoms with Gasteiger partial charge >= 0.3 is 0 Å². The molecule has 4 nitrogen and oxygen atoms in total. The van der Waals surface area contributed by atoms with Gasteiger partial charge in [-0.05, 0) is 13.3 Å². The minimum Gasteiger partial charge on any atom is -0.392 e. The van der Waals surface area contributed by atoms with Crippen LogP contribution in [0.5, 0.6) is 0 Å². The number of hydrogen-bond acceptors (Lipinski definition) is 5. The summed E-state index contributed by atoms with van der Waals surface area (Å²) in [6.45, 7) is 9.38. The van der Waals surface area contributed by atoms with Crippen LogP contribution in [0.4, 0.5) is 0 Å². The Morgan fingerprint density at radius 2 is 2.16 bits per heavy atom. The van der Waals surface area contributed by atoms with Crippen molar-refractivity contribution in [3.05, 3.63) is 16.1 Å². The van der Waals surface area contributed by atoms with Gasteiger partial charge in [0.15, 0.2) is 0 Å². The molecule has 0 aliphatic carbocycles. The average molecular weight is 298 g/mol. The van der Waals surface area contributed by atoms with Crippen LogP contribution < -0.4 is 5.73 Å². The number of nitrogens with two attached hydrogens (primary N) is 1. The van der Waals surface area contributed by atoms with Crippen molar-refractivity contribution in [2.75, 3.05) is 26.2 Å². The van der Waals surface area contributed by atoms with Gasteiger partial charge in [0.2, 0.25) is 0 Å². The van der Waals surface area contributed by atoms with Crippen molar-refractivity contribution >= 4 is 28.5 Å². The normalized spacial score (nSPS) is 19.5. The quantitative estimate of drug-likeness (QED) is 0.837. The topological polar surface area (TPSA) is 45.4 Å². The highest BCUT2D eigenvalue weighted by Crippen LogP contribution is 2.15. The molecule has 0 aromatic carbocycles. The number of thiazole rings is 1. The summed E-state index contributed by atoms with van der Waals surface area (Å²) in [7, 11) is 0. The molecule has 1 unspecified atom stereocenters. The van der Waals surface area contributed by atoms with E-state index in [4.69, 9.17) is 18.0 Å². The van der Waals surface area contributed by atoms with Crippen molar-refractivity contribution in [3.63, 3.8) is 0 Å². The average Bonchev–Trinajstić information content (AvgIpc) is 2.77. The molecule has 0 amide bonds. The van der Waals surface area contributed by atoms with Gasteiger partial charge in [0.05, 0.1) is 17.6 Å². The maximum absolute atomic E-state index is 5.81. The van der Waals surface area contributed by atoms with Crippen LogP contribution in [0.2, 0.25) is 0 Å². The lowest BCUT2D eigenvalue weighted by atomic mass is 10.1. The highest BCUT2D eigenvalue weighted by molar-refractivity contribution is 7.80. The van der Waals surface area contributed by atoms with E-state index in [2.05, 4.69) is 27.1 Å².